The molecular weight excluding hydrogens is 514 g/mol. The first kappa shape index (κ1) is 29.6. The molecule has 1 aromatic carbocycles. The second-order valence-electron chi connectivity index (χ2n) is 8.84. The van der Waals surface area contributed by atoms with E-state index in [9.17, 15) is 45.2 Å². The van der Waals surface area contributed by atoms with Gasteiger partial charge >= 0.3 is 0 Å². The van der Waals surface area contributed by atoms with Crippen molar-refractivity contribution in [2.45, 2.75) is 75.1 Å². The molecule has 1 unspecified atom stereocenters. The smallest absolute Gasteiger partial charge is 0.269 e. The SMILES string of the molecule is CC(=O)N[C@H]1[C@H](OC2[C@@H](CO)O[C@@H](Oc3ccc([N+](=O)[O-])cc3)[C@H](NC(C)=O)[C@H]2O)O[C@H](CO)[C@@H](O)[C@@H]1O. The van der Waals surface area contributed by atoms with Crippen LogP contribution < -0.4 is 15.4 Å². The minimum Gasteiger partial charge on any atom is -0.463 e. The molecule has 10 atom stereocenters. The third-order valence-electron chi connectivity index (χ3n) is 6.06. The number of carbonyl (C=O) groups excluding carboxylic acids is 2. The Morgan fingerprint density at radius 1 is 0.895 bits per heavy atom. The fourth-order valence-electron chi connectivity index (χ4n) is 4.25. The Balaban J connectivity index is 1.86. The predicted molar refractivity (Wildman–Crippen MR) is 123 cm³/mol. The van der Waals surface area contributed by atoms with Gasteiger partial charge in [0.2, 0.25) is 18.1 Å². The van der Waals surface area contributed by atoms with Crippen LogP contribution in [0.15, 0.2) is 24.3 Å². The summed E-state index contributed by atoms with van der Waals surface area (Å²) >= 11 is 0. The Kier molecular flexibility index (Phi) is 9.91. The predicted octanol–water partition coefficient (Wildman–Crippen LogP) is -3.11. The molecule has 16 heteroatoms. The molecular formula is C22H31N3O13. The number of amides is 2. The number of non-ortho nitro benzene ring substituents is 1. The van der Waals surface area contributed by atoms with Crippen LogP contribution in [0.5, 0.6) is 5.75 Å². The Bertz CT molecular complexity index is 980. The first-order valence-electron chi connectivity index (χ1n) is 11.6. The van der Waals surface area contributed by atoms with Gasteiger partial charge in [0.25, 0.3) is 5.69 Å². The first-order chi connectivity index (χ1) is 18.0. The van der Waals surface area contributed by atoms with E-state index in [0.29, 0.717) is 0 Å². The van der Waals surface area contributed by atoms with Crippen LogP contribution >= 0.6 is 0 Å². The summed E-state index contributed by atoms with van der Waals surface area (Å²) in [5.41, 5.74) is -0.197. The number of benzene rings is 1. The zero-order chi connectivity index (χ0) is 28.1. The molecule has 0 aliphatic carbocycles. The molecule has 212 valence electrons. The molecule has 3 rings (SSSR count). The Hall–Kier alpha value is -2.96. The monoisotopic (exact) mass is 545 g/mol. The average Bonchev–Trinajstić information content (AvgIpc) is 2.86. The number of nitrogens with zero attached hydrogens (tertiary/aromatic N) is 1. The number of ether oxygens (including phenoxy) is 4. The van der Waals surface area contributed by atoms with E-state index in [1.54, 1.807) is 0 Å². The second kappa shape index (κ2) is 12.7. The highest BCUT2D eigenvalue weighted by molar-refractivity contribution is 5.73. The highest BCUT2D eigenvalue weighted by Crippen LogP contribution is 2.31. The lowest BCUT2D eigenvalue weighted by Gasteiger charge is -2.48. The summed E-state index contributed by atoms with van der Waals surface area (Å²) < 4.78 is 22.8. The van der Waals surface area contributed by atoms with E-state index < -0.39 is 91.2 Å². The number of aliphatic hydroxyl groups excluding tert-OH is 5. The van der Waals surface area contributed by atoms with Crippen LogP contribution in [-0.4, -0.2) is 117 Å². The van der Waals surface area contributed by atoms with E-state index in [0.717, 1.165) is 6.92 Å². The number of hydrogen-bond acceptors (Lipinski definition) is 13. The van der Waals surface area contributed by atoms with Crippen molar-refractivity contribution in [3.8, 4) is 5.75 Å². The molecule has 2 aliphatic rings. The van der Waals surface area contributed by atoms with Gasteiger partial charge in [-0.3, -0.25) is 19.7 Å². The second-order valence-corrected chi connectivity index (χ2v) is 8.84. The van der Waals surface area contributed by atoms with Crippen molar-refractivity contribution < 1.29 is 59.0 Å². The highest BCUT2D eigenvalue weighted by atomic mass is 16.7. The van der Waals surface area contributed by atoms with Crippen LogP contribution in [0.25, 0.3) is 0 Å². The molecule has 38 heavy (non-hydrogen) atoms. The summed E-state index contributed by atoms with van der Waals surface area (Å²) in [4.78, 5) is 33.9. The quantitative estimate of drug-likeness (QED) is 0.120. The summed E-state index contributed by atoms with van der Waals surface area (Å²) in [7, 11) is 0. The summed E-state index contributed by atoms with van der Waals surface area (Å²) in [5.74, 6) is -1.09. The molecule has 7 N–H and O–H groups in total. The van der Waals surface area contributed by atoms with Gasteiger partial charge < -0.3 is 55.1 Å². The molecule has 0 saturated carbocycles. The van der Waals surface area contributed by atoms with Gasteiger partial charge in [0.1, 0.15) is 54.5 Å². The number of nitrogens with one attached hydrogen (secondary N) is 2. The van der Waals surface area contributed by atoms with Crippen LogP contribution in [0.1, 0.15) is 13.8 Å². The lowest BCUT2D eigenvalue weighted by atomic mass is 9.94. The standard InChI is InChI=1S/C22H31N3O13/c1-9(28)23-15-18(31)17(30)13(7-26)36-22(15)38-20-14(8-27)37-21(16(19(20)32)24-10(2)29)35-12-5-3-11(4-6-12)25(33)34/h3-6,13-22,26-27,30-32H,7-8H2,1-2H3,(H,23,28)(H,24,29)/t13-,14-,15-,16-,17-,18-,19-,20?,21-,22+/m1/s1. The van der Waals surface area contributed by atoms with Crippen molar-refractivity contribution in [1.29, 1.82) is 0 Å². The Morgan fingerprint density at radius 2 is 1.42 bits per heavy atom. The minimum atomic E-state index is -1.63. The van der Waals surface area contributed by atoms with Crippen molar-refractivity contribution in [1.82, 2.24) is 10.6 Å². The van der Waals surface area contributed by atoms with Gasteiger partial charge in [-0.25, -0.2) is 0 Å². The summed E-state index contributed by atoms with van der Waals surface area (Å²) in [6, 6.07) is 2.29. The molecule has 1 aromatic rings. The van der Waals surface area contributed by atoms with Crippen molar-refractivity contribution in [3.63, 3.8) is 0 Å². The van der Waals surface area contributed by atoms with Crippen LogP contribution in [0.4, 0.5) is 5.69 Å². The molecule has 2 heterocycles. The van der Waals surface area contributed by atoms with Gasteiger partial charge in [-0.1, -0.05) is 0 Å². The van der Waals surface area contributed by atoms with Crippen molar-refractivity contribution in [2.24, 2.45) is 0 Å². The van der Waals surface area contributed by atoms with Crippen molar-refractivity contribution in [3.05, 3.63) is 34.4 Å². The zero-order valence-corrected chi connectivity index (χ0v) is 20.4. The molecule has 2 saturated heterocycles. The molecule has 2 fully saturated rings. The Morgan fingerprint density at radius 3 is 1.92 bits per heavy atom. The zero-order valence-electron chi connectivity index (χ0n) is 20.4. The van der Waals surface area contributed by atoms with Gasteiger partial charge in [-0.2, -0.15) is 0 Å². The Labute approximate surface area is 216 Å². The number of hydrogen-bond donors (Lipinski definition) is 7. The number of rotatable bonds is 9. The highest BCUT2D eigenvalue weighted by Gasteiger charge is 2.52. The lowest BCUT2D eigenvalue weighted by Crippen LogP contribution is -2.69. The number of nitro groups is 1. The maximum atomic E-state index is 11.9. The van der Waals surface area contributed by atoms with Gasteiger partial charge in [0, 0.05) is 26.0 Å². The topological polar surface area (TPSA) is 239 Å². The molecule has 0 radical (unpaired) electrons. The van der Waals surface area contributed by atoms with Gasteiger partial charge in [0.05, 0.1) is 18.1 Å². The summed E-state index contributed by atoms with van der Waals surface area (Å²) in [6.07, 6.45) is -11.8. The van der Waals surface area contributed by atoms with Crippen LogP contribution in [0.3, 0.4) is 0 Å². The van der Waals surface area contributed by atoms with Gasteiger partial charge in [-0.15, -0.1) is 0 Å². The van der Waals surface area contributed by atoms with E-state index >= 15 is 0 Å². The van der Waals surface area contributed by atoms with Gasteiger partial charge in [0.15, 0.2) is 6.29 Å². The van der Waals surface area contributed by atoms with E-state index in [2.05, 4.69) is 10.6 Å². The molecule has 0 aromatic heterocycles. The fraction of sp³-hybridized carbons (Fsp3) is 0.636. The third-order valence-corrected chi connectivity index (χ3v) is 6.06. The maximum absolute atomic E-state index is 11.9. The molecule has 0 spiro atoms. The van der Waals surface area contributed by atoms with E-state index in [1.807, 2.05) is 0 Å². The van der Waals surface area contributed by atoms with Crippen LogP contribution in [0.2, 0.25) is 0 Å². The van der Waals surface area contributed by atoms with Crippen molar-refractivity contribution in [2.75, 3.05) is 13.2 Å². The van der Waals surface area contributed by atoms with Gasteiger partial charge in [-0.05, 0) is 12.1 Å². The number of nitro benzene ring substituents is 1. The van der Waals surface area contributed by atoms with Crippen LogP contribution in [0, 0.1) is 10.1 Å². The first-order valence-corrected chi connectivity index (χ1v) is 11.6. The third kappa shape index (κ3) is 6.72. The van der Waals surface area contributed by atoms with Crippen LogP contribution in [-0.2, 0) is 23.8 Å². The molecule has 16 nitrogen and oxygen atoms in total. The average molecular weight is 545 g/mol. The normalized spacial score (nSPS) is 35.2. The van der Waals surface area contributed by atoms with E-state index in [-0.39, 0.29) is 11.4 Å². The summed E-state index contributed by atoms with van der Waals surface area (Å²) in [5, 5.41) is 67.2. The van der Waals surface area contributed by atoms with E-state index in [4.69, 9.17) is 18.9 Å². The lowest BCUT2D eigenvalue weighted by molar-refractivity contribution is -0.384. The van der Waals surface area contributed by atoms with Crippen molar-refractivity contribution >= 4 is 17.5 Å². The maximum Gasteiger partial charge on any atom is 0.269 e. The largest absolute Gasteiger partial charge is 0.463 e. The van der Waals surface area contributed by atoms with E-state index in [1.165, 1.54) is 31.2 Å². The molecule has 0 bridgehead atoms. The number of carbonyl (C=O) groups is 2. The molecule has 2 aliphatic heterocycles. The number of aliphatic hydroxyl groups is 5. The molecule has 2 amide bonds. The summed E-state index contributed by atoms with van der Waals surface area (Å²) in [6.45, 7) is 0.888. The minimum absolute atomic E-state index is 0.100. The fourth-order valence-corrected chi connectivity index (χ4v) is 4.25.